The van der Waals surface area contributed by atoms with Crippen LogP contribution in [0, 0.1) is 0 Å². The molecule has 114 valence electrons. The molecular weight excluding hydrogens is 264 g/mol. The minimum atomic E-state index is 0.115. The zero-order chi connectivity index (χ0) is 14.7. The Kier molecular flexibility index (Phi) is 4.39. The van der Waals surface area contributed by atoms with Crippen LogP contribution in [0.2, 0.25) is 0 Å². The summed E-state index contributed by atoms with van der Waals surface area (Å²) in [4.78, 5) is 20.9. The third-order valence-electron chi connectivity index (χ3n) is 4.38. The van der Waals surface area contributed by atoms with E-state index in [0.29, 0.717) is 11.6 Å². The molecule has 1 aromatic heterocycles. The van der Waals surface area contributed by atoms with Crippen molar-refractivity contribution in [2.75, 3.05) is 38.5 Å². The third kappa shape index (κ3) is 3.53. The van der Waals surface area contributed by atoms with Gasteiger partial charge in [-0.25, -0.2) is 4.98 Å². The number of carbonyl (C=O) groups is 1. The molecule has 1 atom stereocenters. The van der Waals surface area contributed by atoms with E-state index in [4.69, 9.17) is 0 Å². The number of hydrogen-bond donors (Lipinski definition) is 1. The van der Waals surface area contributed by atoms with Crippen molar-refractivity contribution in [1.82, 2.24) is 14.8 Å². The van der Waals surface area contributed by atoms with E-state index in [2.05, 4.69) is 22.2 Å². The third-order valence-corrected chi connectivity index (χ3v) is 4.38. The molecule has 2 fully saturated rings. The molecule has 2 aliphatic heterocycles. The van der Waals surface area contributed by atoms with Gasteiger partial charge in [0.05, 0.1) is 5.56 Å². The average Bonchev–Trinajstić information content (AvgIpc) is 3.01. The Labute approximate surface area is 126 Å². The van der Waals surface area contributed by atoms with Gasteiger partial charge in [0.1, 0.15) is 5.82 Å². The molecule has 3 heterocycles. The molecule has 0 spiro atoms. The molecule has 0 bridgehead atoms. The van der Waals surface area contributed by atoms with Crippen LogP contribution in [0.4, 0.5) is 5.82 Å². The minimum absolute atomic E-state index is 0.115. The van der Waals surface area contributed by atoms with Gasteiger partial charge in [-0.1, -0.05) is 0 Å². The summed E-state index contributed by atoms with van der Waals surface area (Å²) in [6, 6.07) is 4.27. The number of likely N-dealkylation sites (tertiary alicyclic amines) is 2. The molecule has 2 saturated heterocycles. The lowest BCUT2D eigenvalue weighted by molar-refractivity contribution is 0.0792. The average molecular weight is 288 g/mol. The summed E-state index contributed by atoms with van der Waals surface area (Å²) in [7, 11) is 2.15. The van der Waals surface area contributed by atoms with Gasteiger partial charge >= 0.3 is 0 Å². The quantitative estimate of drug-likeness (QED) is 0.922. The number of nitrogens with one attached hydrogen (secondary N) is 1. The van der Waals surface area contributed by atoms with Crippen molar-refractivity contribution in [1.29, 1.82) is 0 Å². The van der Waals surface area contributed by atoms with Gasteiger partial charge in [-0.15, -0.1) is 0 Å². The summed E-state index contributed by atoms with van der Waals surface area (Å²) < 4.78 is 0. The lowest BCUT2D eigenvalue weighted by Gasteiger charge is -2.30. The normalized spacial score (nSPS) is 23.3. The van der Waals surface area contributed by atoms with Gasteiger partial charge in [0.25, 0.3) is 5.91 Å². The summed E-state index contributed by atoms with van der Waals surface area (Å²) in [5.74, 6) is 0.984. The Morgan fingerprint density at radius 1 is 1.24 bits per heavy atom. The van der Waals surface area contributed by atoms with Crippen LogP contribution in [-0.2, 0) is 0 Å². The Morgan fingerprint density at radius 3 is 2.71 bits per heavy atom. The van der Waals surface area contributed by atoms with Crippen LogP contribution in [0.3, 0.4) is 0 Å². The van der Waals surface area contributed by atoms with Crippen LogP contribution in [0.1, 0.15) is 36.0 Å². The molecular formula is C16H24N4O. The molecule has 0 aromatic carbocycles. The second kappa shape index (κ2) is 6.43. The highest BCUT2D eigenvalue weighted by atomic mass is 16.2. The predicted octanol–water partition coefficient (Wildman–Crippen LogP) is 1.82. The van der Waals surface area contributed by atoms with Crippen LogP contribution < -0.4 is 5.32 Å². The molecule has 5 heteroatoms. The van der Waals surface area contributed by atoms with Gasteiger partial charge in [0.15, 0.2) is 0 Å². The van der Waals surface area contributed by atoms with Crippen LogP contribution in [0.15, 0.2) is 18.3 Å². The van der Waals surface area contributed by atoms with E-state index >= 15 is 0 Å². The summed E-state index contributed by atoms with van der Waals surface area (Å²) >= 11 is 0. The Morgan fingerprint density at radius 2 is 2.05 bits per heavy atom. The maximum absolute atomic E-state index is 12.3. The van der Waals surface area contributed by atoms with E-state index in [1.807, 2.05) is 17.0 Å². The highest BCUT2D eigenvalue weighted by Gasteiger charge is 2.20. The van der Waals surface area contributed by atoms with E-state index in [0.717, 1.165) is 38.3 Å². The number of rotatable bonds is 3. The largest absolute Gasteiger partial charge is 0.366 e. The van der Waals surface area contributed by atoms with Gasteiger partial charge in [-0.3, -0.25) is 4.79 Å². The van der Waals surface area contributed by atoms with E-state index in [1.54, 1.807) is 6.20 Å². The first-order chi connectivity index (χ1) is 10.2. The minimum Gasteiger partial charge on any atom is -0.366 e. The van der Waals surface area contributed by atoms with Crippen LogP contribution in [-0.4, -0.2) is 60.0 Å². The highest BCUT2D eigenvalue weighted by molar-refractivity contribution is 5.94. The molecule has 1 unspecified atom stereocenters. The number of aromatic nitrogens is 1. The molecule has 1 N–H and O–H groups in total. The van der Waals surface area contributed by atoms with Crippen molar-refractivity contribution in [3.05, 3.63) is 23.9 Å². The standard InChI is InChI=1S/C16H24N4O/c1-19-8-4-5-14(12-19)18-15-7-6-13(11-17-15)16(21)20-9-2-3-10-20/h6-7,11,14H,2-5,8-10,12H2,1H3,(H,17,18). The van der Waals surface area contributed by atoms with Gasteiger partial charge in [0.2, 0.25) is 0 Å². The van der Waals surface area contributed by atoms with Gasteiger partial charge in [-0.2, -0.15) is 0 Å². The zero-order valence-corrected chi connectivity index (χ0v) is 12.7. The number of carbonyl (C=O) groups excluding carboxylic acids is 1. The van der Waals surface area contributed by atoms with Crippen molar-refractivity contribution in [3.63, 3.8) is 0 Å². The maximum atomic E-state index is 12.3. The first-order valence-electron chi connectivity index (χ1n) is 7.93. The van der Waals surface area contributed by atoms with Gasteiger partial charge < -0.3 is 15.1 Å². The van der Waals surface area contributed by atoms with Crippen molar-refractivity contribution >= 4 is 11.7 Å². The van der Waals surface area contributed by atoms with Crippen molar-refractivity contribution in [2.45, 2.75) is 31.7 Å². The topological polar surface area (TPSA) is 48.5 Å². The number of pyridine rings is 1. The molecule has 1 amide bonds. The number of anilines is 1. The molecule has 1 aromatic rings. The van der Waals surface area contributed by atoms with E-state index < -0.39 is 0 Å². The summed E-state index contributed by atoms with van der Waals surface area (Å²) in [5, 5.41) is 3.47. The fourth-order valence-electron chi connectivity index (χ4n) is 3.20. The number of likely N-dealkylation sites (N-methyl/N-ethyl adjacent to an activating group) is 1. The number of amides is 1. The molecule has 0 radical (unpaired) electrons. The second-order valence-electron chi connectivity index (χ2n) is 6.18. The lowest BCUT2D eigenvalue weighted by atomic mass is 10.1. The van der Waals surface area contributed by atoms with Crippen LogP contribution in [0.25, 0.3) is 0 Å². The van der Waals surface area contributed by atoms with E-state index in [-0.39, 0.29) is 5.91 Å². The smallest absolute Gasteiger partial charge is 0.255 e. The monoisotopic (exact) mass is 288 g/mol. The Balaban J connectivity index is 1.59. The van der Waals surface area contributed by atoms with Crippen molar-refractivity contribution in [2.24, 2.45) is 0 Å². The summed E-state index contributed by atoms with van der Waals surface area (Å²) in [6.07, 6.45) is 6.34. The molecule has 2 aliphatic rings. The lowest BCUT2D eigenvalue weighted by Crippen LogP contribution is -2.39. The molecule has 5 nitrogen and oxygen atoms in total. The zero-order valence-electron chi connectivity index (χ0n) is 12.7. The highest BCUT2D eigenvalue weighted by Crippen LogP contribution is 2.16. The van der Waals surface area contributed by atoms with E-state index in [1.165, 1.54) is 19.4 Å². The Hall–Kier alpha value is -1.62. The van der Waals surface area contributed by atoms with Crippen molar-refractivity contribution in [3.8, 4) is 0 Å². The SMILES string of the molecule is CN1CCCC(Nc2ccc(C(=O)N3CCCC3)cn2)C1. The molecule has 3 rings (SSSR count). The number of nitrogens with zero attached hydrogens (tertiary/aromatic N) is 3. The predicted molar refractivity (Wildman–Crippen MR) is 83.5 cm³/mol. The van der Waals surface area contributed by atoms with Gasteiger partial charge in [0, 0.05) is 31.9 Å². The molecule has 0 saturated carbocycles. The van der Waals surface area contributed by atoms with Crippen molar-refractivity contribution < 1.29 is 4.79 Å². The number of piperidine rings is 1. The second-order valence-corrected chi connectivity index (χ2v) is 6.18. The van der Waals surface area contributed by atoms with Crippen LogP contribution >= 0.6 is 0 Å². The summed E-state index contributed by atoms with van der Waals surface area (Å²) in [6.45, 7) is 3.99. The number of hydrogen-bond acceptors (Lipinski definition) is 4. The first kappa shape index (κ1) is 14.3. The molecule has 21 heavy (non-hydrogen) atoms. The van der Waals surface area contributed by atoms with E-state index in [9.17, 15) is 4.79 Å². The van der Waals surface area contributed by atoms with Gasteiger partial charge in [-0.05, 0) is 51.4 Å². The Bertz CT molecular complexity index is 482. The maximum Gasteiger partial charge on any atom is 0.255 e. The van der Waals surface area contributed by atoms with Crippen LogP contribution in [0.5, 0.6) is 0 Å². The molecule has 0 aliphatic carbocycles. The first-order valence-corrected chi connectivity index (χ1v) is 7.93. The summed E-state index contributed by atoms with van der Waals surface area (Å²) in [5.41, 5.74) is 0.697. The fraction of sp³-hybridized carbons (Fsp3) is 0.625. The fourth-order valence-corrected chi connectivity index (χ4v) is 3.20.